The molecule has 1 saturated heterocycles. The number of phenolic OH excluding ortho intramolecular Hbond substituents is 1. The summed E-state index contributed by atoms with van der Waals surface area (Å²) in [5, 5.41) is 12.7. The molecule has 1 atom stereocenters. The summed E-state index contributed by atoms with van der Waals surface area (Å²) in [6.45, 7) is 0.839. The molecule has 1 aromatic carbocycles. The number of aromatic hydroxyl groups is 1. The van der Waals surface area contributed by atoms with Crippen LogP contribution in [0.2, 0.25) is 0 Å². The third kappa shape index (κ3) is 2.02. The fourth-order valence-electron chi connectivity index (χ4n) is 2.23. The zero-order chi connectivity index (χ0) is 12.4. The molecular formula is C12H16FNO3. The minimum absolute atomic E-state index is 0.133. The van der Waals surface area contributed by atoms with Crippen LogP contribution in [0.15, 0.2) is 6.07 Å². The lowest BCUT2D eigenvalue weighted by Crippen LogP contribution is -2.16. The first-order chi connectivity index (χ1) is 8.19. The van der Waals surface area contributed by atoms with Crippen LogP contribution >= 0.6 is 0 Å². The molecule has 0 spiro atoms. The first kappa shape index (κ1) is 12.0. The van der Waals surface area contributed by atoms with E-state index >= 15 is 0 Å². The Kier molecular flexibility index (Phi) is 3.38. The first-order valence-electron chi connectivity index (χ1n) is 5.55. The van der Waals surface area contributed by atoms with Gasteiger partial charge in [0.1, 0.15) is 0 Å². The second-order valence-corrected chi connectivity index (χ2v) is 4.01. The Morgan fingerprint density at radius 3 is 2.71 bits per heavy atom. The average molecular weight is 241 g/mol. The molecule has 5 heteroatoms. The van der Waals surface area contributed by atoms with Crippen molar-refractivity contribution in [2.75, 3.05) is 20.8 Å². The van der Waals surface area contributed by atoms with Crippen molar-refractivity contribution < 1.29 is 19.0 Å². The summed E-state index contributed by atoms with van der Waals surface area (Å²) < 4.78 is 24.3. The van der Waals surface area contributed by atoms with Crippen LogP contribution < -0.4 is 14.8 Å². The third-order valence-electron chi connectivity index (χ3n) is 3.03. The van der Waals surface area contributed by atoms with Crippen molar-refractivity contribution in [1.82, 2.24) is 5.32 Å². The second kappa shape index (κ2) is 4.79. The van der Waals surface area contributed by atoms with Crippen molar-refractivity contribution in [1.29, 1.82) is 0 Å². The van der Waals surface area contributed by atoms with Crippen LogP contribution in [0.25, 0.3) is 0 Å². The highest BCUT2D eigenvalue weighted by molar-refractivity contribution is 5.54. The van der Waals surface area contributed by atoms with Gasteiger partial charge in [0.05, 0.1) is 19.8 Å². The normalized spacial score (nSPS) is 19.4. The predicted molar refractivity (Wildman–Crippen MR) is 61.1 cm³/mol. The van der Waals surface area contributed by atoms with Gasteiger partial charge >= 0.3 is 0 Å². The lowest BCUT2D eigenvalue weighted by atomic mass is 10.0. The van der Waals surface area contributed by atoms with E-state index in [1.54, 1.807) is 0 Å². The van der Waals surface area contributed by atoms with E-state index < -0.39 is 11.6 Å². The highest BCUT2D eigenvalue weighted by Crippen LogP contribution is 2.43. The average Bonchev–Trinajstić information content (AvgIpc) is 2.85. The predicted octanol–water partition coefficient (Wildman–Crippen LogP) is 1.97. The maximum absolute atomic E-state index is 14.0. The van der Waals surface area contributed by atoms with Crippen LogP contribution in [0.3, 0.4) is 0 Å². The summed E-state index contributed by atoms with van der Waals surface area (Å²) in [4.78, 5) is 0. The number of methoxy groups -OCH3 is 2. The first-order valence-corrected chi connectivity index (χ1v) is 5.55. The van der Waals surface area contributed by atoms with Gasteiger partial charge in [0.2, 0.25) is 0 Å². The largest absolute Gasteiger partial charge is 0.505 e. The van der Waals surface area contributed by atoms with Crippen molar-refractivity contribution in [3.05, 3.63) is 17.4 Å². The SMILES string of the molecule is COc1cc(O)c(F)c(C2CCCN2)c1OC. The van der Waals surface area contributed by atoms with E-state index in [0.29, 0.717) is 17.1 Å². The lowest BCUT2D eigenvalue weighted by Gasteiger charge is -2.19. The molecule has 1 aromatic rings. The van der Waals surface area contributed by atoms with Gasteiger partial charge in [0.15, 0.2) is 23.1 Å². The quantitative estimate of drug-likeness (QED) is 0.849. The van der Waals surface area contributed by atoms with E-state index in [-0.39, 0.29) is 6.04 Å². The highest BCUT2D eigenvalue weighted by Gasteiger charge is 2.28. The van der Waals surface area contributed by atoms with E-state index in [1.165, 1.54) is 20.3 Å². The number of nitrogens with one attached hydrogen (secondary N) is 1. The molecule has 0 aromatic heterocycles. The molecule has 0 radical (unpaired) electrons. The summed E-state index contributed by atoms with van der Waals surface area (Å²) in [5.41, 5.74) is 0.349. The Hall–Kier alpha value is -1.49. The molecule has 0 bridgehead atoms. The van der Waals surface area contributed by atoms with Crippen LogP contribution in [0.4, 0.5) is 4.39 Å². The van der Waals surface area contributed by atoms with Gasteiger partial charge in [0.25, 0.3) is 0 Å². The van der Waals surface area contributed by atoms with Gasteiger partial charge in [-0.05, 0) is 19.4 Å². The monoisotopic (exact) mass is 241 g/mol. The molecule has 0 aliphatic carbocycles. The number of phenols is 1. The zero-order valence-electron chi connectivity index (χ0n) is 9.92. The number of rotatable bonds is 3. The van der Waals surface area contributed by atoms with Gasteiger partial charge in [0, 0.05) is 12.1 Å². The Labute approximate surface area is 99.4 Å². The van der Waals surface area contributed by atoms with Crippen molar-refractivity contribution in [3.8, 4) is 17.2 Å². The van der Waals surface area contributed by atoms with Crippen LogP contribution in [0.5, 0.6) is 17.2 Å². The van der Waals surface area contributed by atoms with Crippen LogP contribution in [-0.4, -0.2) is 25.9 Å². The Balaban J connectivity index is 2.56. The summed E-state index contributed by atoms with van der Waals surface area (Å²) in [5.74, 6) is -0.356. The van der Waals surface area contributed by atoms with Gasteiger partial charge < -0.3 is 19.9 Å². The Bertz CT molecular complexity index is 417. The van der Waals surface area contributed by atoms with Crippen molar-refractivity contribution in [2.24, 2.45) is 0 Å². The molecule has 0 amide bonds. The maximum Gasteiger partial charge on any atom is 0.173 e. The van der Waals surface area contributed by atoms with E-state index in [1.807, 2.05) is 0 Å². The van der Waals surface area contributed by atoms with Crippen LogP contribution in [-0.2, 0) is 0 Å². The zero-order valence-corrected chi connectivity index (χ0v) is 9.92. The standard InChI is InChI=1S/C12H16FNO3/c1-16-9-6-8(15)11(13)10(12(9)17-2)7-4-3-5-14-7/h6-7,14-15H,3-5H2,1-2H3. The molecule has 0 saturated carbocycles. The fourth-order valence-corrected chi connectivity index (χ4v) is 2.23. The van der Waals surface area contributed by atoms with Crippen molar-refractivity contribution >= 4 is 0 Å². The number of benzene rings is 1. The van der Waals surface area contributed by atoms with E-state index in [9.17, 15) is 9.50 Å². The third-order valence-corrected chi connectivity index (χ3v) is 3.03. The summed E-state index contributed by atoms with van der Waals surface area (Å²) in [6, 6.07) is 1.10. The molecule has 1 fully saturated rings. The fraction of sp³-hybridized carbons (Fsp3) is 0.500. The summed E-state index contributed by atoms with van der Waals surface area (Å²) in [6.07, 6.45) is 1.80. The van der Waals surface area contributed by atoms with Crippen molar-refractivity contribution in [2.45, 2.75) is 18.9 Å². The van der Waals surface area contributed by atoms with Gasteiger partial charge in [-0.2, -0.15) is 0 Å². The molecule has 17 heavy (non-hydrogen) atoms. The topological polar surface area (TPSA) is 50.7 Å². The number of ether oxygens (including phenoxy) is 2. The molecule has 1 aliphatic heterocycles. The number of hydrogen-bond donors (Lipinski definition) is 2. The van der Waals surface area contributed by atoms with E-state index in [2.05, 4.69) is 5.32 Å². The van der Waals surface area contributed by atoms with Crippen LogP contribution in [0, 0.1) is 5.82 Å². The maximum atomic E-state index is 14.0. The van der Waals surface area contributed by atoms with Gasteiger partial charge in [-0.3, -0.25) is 0 Å². The van der Waals surface area contributed by atoms with Gasteiger partial charge in [-0.25, -0.2) is 4.39 Å². The van der Waals surface area contributed by atoms with Crippen LogP contribution in [0.1, 0.15) is 24.4 Å². The number of halogens is 1. The molecule has 1 unspecified atom stereocenters. The number of hydrogen-bond acceptors (Lipinski definition) is 4. The second-order valence-electron chi connectivity index (χ2n) is 4.01. The molecule has 2 rings (SSSR count). The molecule has 4 nitrogen and oxygen atoms in total. The van der Waals surface area contributed by atoms with Crippen molar-refractivity contribution in [3.63, 3.8) is 0 Å². The molecule has 1 aliphatic rings. The van der Waals surface area contributed by atoms with E-state index in [0.717, 1.165) is 19.4 Å². The molecular weight excluding hydrogens is 225 g/mol. The Morgan fingerprint density at radius 1 is 1.41 bits per heavy atom. The summed E-state index contributed by atoms with van der Waals surface area (Å²) >= 11 is 0. The smallest absolute Gasteiger partial charge is 0.173 e. The minimum Gasteiger partial charge on any atom is -0.505 e. The molecule has 1 heterocycles. The highest BCUT2D eigenvalue weighted by atomic mass is 19.1. The van der Waals surface area contributed by atoms with Gasteiger partial charge in [-0.15, -0.1) is 0 Å². The minimum atomic E-state index is -0.637. The van der Waals surface area contributed by atoms with E-state index in [4.69, 9.17) is 9.47 Å². The lowest BCUT2D eigenvalue weighted by molar-refractivity contribution is 0.334. The summed E-state index contributed by atoms with van der Waals surface area (Å²) in [7, 11) is 2.92. The Morgan fingerprint density at radius 2 is 2.18 bits per heavy atom. The van der Waals surface area contributed by atoms with Gasteiger partial charge in [-0.1, -0.05) is 0 Å². The molecule has 2 N–H and O–H groups in total. The molecule has 94 valence electrons.